The summed E-state index contributed by atoms with van der Waals surface area (Å²) in [5.74, 6) is -0.766. The molecule has 91 heavy (non-hydrogen) atoms. The fourth-order valence-electron chi connectivity index (χ4n) is 12.8. The van der Waals surface area contributed by atoms with Gasteiger partial charge in [-0.3, -0.25) is 18.6 Å². The third-order valence-corrected chi connectivity index (χ3v) is 20.0. The predicted molar refractivity (Wildman–Crippen MR) is 395 cm³/mol. The maximum Gasteiger partial charge on any atom is 0.472 e. The molecular weight excluding hydrogens is 1150 g/mol. The van der Waals surface area contributed by atoms with Gasteiger partial charge in [0.25, 0.3) is 0 Å². The van der Waals surface area contributed by atoms with Crippen molar-refractivity contribution in [3.8, 4) is 0 Å². The Labute approximate surface area is 568 Å². The number of carbonyl (C=O) groups is 2. The highest BCUT2D eigenvalue weighted by atomic mass is 31.2. The number of nitrogens with zero attached hydrogens (tertiary/aromatic N) is 1. The minimum absolute atomic E-state index is 0.0372. The Morgan fingerprint density at radius 1 is 0.330 bits per heavy atom. The first-order valence-corrected chi connectivity index (χ1v) is 42.4. The molecule has 0 aliphatic rings. The zero-order chi connectivity index (χ0) is 66.2. The second kappa shape index (κ2) is 73.0. The lowest BCUT2D eigenvalue weighted by molar-refractivity contribution is -0.870. The van der Waals surface area contributed by atoms with E-state index in [2.05, 4.69) is 26.0 Å². The van der Waals surface area contributed by atoms with Gasteiger partial charge in [-0.05, 0) is 38.5 Å². The molecule has 0 bridgehead atoms. The molecule has 9 nitrogen and oxygen atoms in total. The van der Waals surface area contributed by atoms with E-state index in [4.69, 9.17) is 18.5 Å². The molecule has 0 fully saturated rings. The van der Waals surface area contributed by atoms with Gasteiger partial charge in [-0.2, -0.15) is 0 Å². The highest BCUT2D eigenvalue weighted by Crippen LogP contribution is 2.43. The Morgan fingerprint density at radius 3 is 0.813 bits per heavy atom. The van der Waals surface area contributed by atoms with Crippen molar-refractivity contribution in [2.45, 2.75) is 450 Å². The predicted octanol–water partition coefficient (Wildman–Crippen LogP) is 27.0. The van der Waals surface area contributed by atoms with Crippen LogP contribution in [0.5, 0.6) is 0 Å². The van der Waals surface area contributed by atoms with Crippen LogP contribution in [0.2, 0.25) is 0 Å². The number of rotatable bonds is 78. The van der Waals surface area contributed by atoms with Crippen LogP contribution >= 0.6 is 7.82 Å². The van der Waals surface area contributed by atoms with Gasteiger partial charge in [-0.1, -0.05) is 405 Å². The number of unbranched alkanes of at least 4 members (excludes halogenated alkanes) is 62. The SMILES string of the molecule is CCCCCCCCCC/C=C\CCCCCCCCCCCCCCCCCCCCCCCCCCCCCCCC(=O)OC(COC(=O)CCCCCCCCCCCCCCCCCCCCCCCCCCCC)COP(=O)(O)OCC[N+](C)(C)C. The van der Waals surface area contributed by atoms with Crippen LogP contribution in [0.1, 0.15) is 444 Å². The second-order valence-electron chi connectivity index (χ2n) is 29.5. The minimum Gasteiger partial charge on any atom is -0.462 e. The topological polar surface area (TPSA) is 108 Å². The first kappa shape index (κ1) is 89.8. The molecule has 0 spiro atoms. The molecule has 0 heterocycles. The number of hydrogen-bond acceptors (Lipinski definition) is 7. The quantitative estimate of drug-likeness (QED) is 0.0211. The molecule has 2 unspecified atom stereocenters. The van der Waals surface area contributed by atoms with E-state index in [0.717, 1.165) is 38.5 Å². The van der Waals surface area contributed by atoms with Crippen LogP contribution in [0.3, 0.4) is 0 Å². The minimum atomic E-state index is -4.39. The van der Waals surface area contributed by atoms with Crippen molar-refractivity contribution < 1.29 is 42.1 Å². The van der Waals surface area contributed by atoms with Gasteiger partial charge < -0.3 is 18.9 Å². The zero-order valence-electron chi connectivity index (χ0n) is 62.1. The Hall–Kier alpha value is -1.25. The van der Waals surface area contributed by atoms with E-state index in [-0.39, 0.29) is 25.6 Å². The van der Waals surface area contributed by atoms with Crippen molar-refractivity contribution >= 4 is 19.8 Å². The molecule has 0 rings (SSSR count). The van der Waals surface area contributed by atoms with Crippen molar-refractivity contribution in [3.05, 3.63) is 12.2 Å². The van der Waals surface area contributed by atoms with Gasteiger partial charge in [0, 0.05) is 12.8 Å². The van der Waals surface area contributed by atoms with Crippen LogP contribution < -0.4 is 0 Å². The number of carbonyl (C=O) groups excluding carboxylic acids is 2. The van der Waals surface area contributed by atoms with Crippen molar-refractivity contribution in [3.63, 3.8) is 0 Å². The van der Waals surface area contributed by atoms with Crippen LogP contribution in [0.15, 0.2) is 12.2 Å². The summed E-state index contributed by atoms with van der Waals surface area (Å²) in [7, 11) is 1.51. The molecule has 0 radical (unpaired) electrons. The lowest BCUT2D eigenvalue weighted by Crippen LogP contribution is -2.37. The largest absolute Gasteiger partial charge is 0.472 e. The van der Waals surface area contributed by atoms with Gasteiger partial charge in [0.1, 0.15) is 19.8 Å². The molecule has 0 aliphatic carbocycles. The summed E-state index contributed by atoms with van der Waals surface area (Å²) in [6.07, 6.45) is 92.4. The smallest absolute Gasteiger partial charge is 0.462 e. The number of phosphoric ester groups is 1. The number of hydrogen-bond donors (Lipinski definition) is 1. The molecule has 0 saturated carbocycles. The summed E-state index contributed by atoms with van der Waals surface area (Å²) in [5, 5.41) is 0. The van der Waals surface area contributed by atoms with Crippen molar-refractivity contribution in [2.24, 2.45) is 0 Å². The summed E-state index contributed by atoms with van der Waals surface area (Å²) in [5.41, 5.74) is 0. The highest BCUT2D eigenvalue weighted by Gasteiger charge is 2.27. The monoisotopic (exact) mass is 1310 g/mol. The summed E-state index contributed by atoms with van der Waals surface area (Å²) >= 11 is 0. The van der Waals surface area contributed by atoms with Crippen LogP contribution in [-0.2, 0) is 32.7 Å². The van der Waals surface area contributed by atoms with Gasteiger partial charge in [0.15, 0.2) is 6.10 Å². The van der Waals surface area contributed by atoms with E-state index in [0.29, 0.717) is 17.4 Å². The van der Waals surface area contributed by atoms with Gasteiger partial charge in [-0.25, -0.2) is 4.57 Å². The molecule has 0 aromatic rings. The molecule has 542 valence electrons. The Bertz CT molecular complexity index is 1540. The van der Waals surface area contributed by atoms with Gasteiger partial charge in [-0.15, -0.1) is 0 Å². The van der Waals surface area contributed by atoms with E-state index in [1.807, 2.05) is 21.1 Å². The van der Waals surface area contributed by atoms with Gasteiger partial charge in [0.05, 0.1) is 27.7 Å². The standard InChI is InChI=1S/C81H160NO8P/c1-6-8-10-12-14-16-18-20-22-24-26-28-30-32-34-35-36-37-38-39-40-41-42-43-44-45-46-47-48-50-52-54-56-58-60-62-64-66-68-70-72-74-81(84)90-79(78-89-91(85,86)88-76-75-82(3,4)5)77-87-80(83)73-71-69-67-65-63-61-59-57-55-53-51-49-33-31-29-27-25-23-21-19-17-15-13-11-9-7-2/h24,26,79H,6-23,25,27-78H2,1-5H3/p+1/b26-24-. The number of ether oxygens (including phenoxy) is 2. The van der Waals surface area contributed by atoms with Crippen LogP contribution in [-0.4, -0.2) is 74.9 Å². The molecule has 0 saturated heterocycles. The third-order valence-electron chi connectivity index (χ3n) is 19.0. The van der Waals surface area contributed by atoms with Crippen LogP contribution in [0.25, 0.3) is 0 Å². The lowest BCUT2D eigenvalue weighted by Gasteiger charge is -2.24. The molecule has 10 heteroatoms. The first-order chi connectivity index (χ1) is 44.5. The molecule has 0 aromatic carbocycles. The fourth-order valence-corrected chi connectivity index (χ4v) is 13.5. The number of likely N-dealkylation sites (N-methyl/N-ethyl adjacent to an activating group) is 1. The molecule has 1 N–H and O–H groups in total. The van der Waals surface area contributed by atoms with Crippen LogP contribution in [0, 0.1) is 0 Å². The number of esters is 2. The van der Waals surface area contributed by atoms with Gasteiger partial charge >= 0.3 is 19.8 Å². The molecule has 0 aromatic heterocycles. The summed E-state index contributed by atoms with van der Waals surface area (Å²) in [6.45, 7) is 4.53. The number of phosphoric acid groups is 1. The number of quaternary nitrogens is 1. The lowest BCUT2D eigenvalue weighted by atomic mass is 10.0. The Morgan fingerprint density at radius 2 is 0.560 bits per heavy atom. The highest BCUT2D eigenvalue weighted by molar-refractivity contribution is 7.47. The summed E-state index contributed by atoms with van der Waals surface area (Å²) in [6, 6.07) is 0. The van der Waals surface area contributed by atoms with E-state index in [9.17, 15) is 19.0 Å². The molecular formula is C81H161NO8P+. The second-order valence-corrected chi connectivity index (χ2v) is 31.0. The van der Waals surface area contributed by atoms with Gasteiger partial charge in [0.2, 0.25) is 0 Å². The fraction of sp³-hybridized carbons (Fsp3) is 0.951. The Balaban J connectivity index is 3.85. The van der Waals surface area contributed by atoms with E-state index >= 15 is 0 Å². The maximum atomic E-state index is 12.9. The van der Waals surface area contributed by atoms with E-state index < -0.39 is 26.5 Å². The molecule has 0 aliphatic heterocycles. The summed E-state index contributed by atoms with van der Waals surface area (Å²) in [4.78, 5) is 36.0. The van der Waals surface area contributed by atoms with Crippen molar-refractivity contribution in [2.75, 3.05) is 47.5 Å². The average molecular weight is 1310 g/mol. The summed E-state index contributed by atoms with van der Waals surface area (Å²) < 4.78 is 34.8. The molecule has 2 atom stereocenters. The van der Waals surface area contributed by atoms with E-state index in [1.54, 1.807) is 0 Å². The van der Waals surface area contributed by atoms with Crippen LogP contribution in [0.4, 0.5) is 0 Å². The number of allylic oxidation sites excluding steroid dienone is 2. The first-order valence-electron chi connectivity index (χ1n) is 40.9. The Kier molecular flexibility index (Phi) is 72.0. The molecule has 0 amide bonds. The van der Waals surface area contributed by atoms with E-state index in [1.165, 1.54) is 379 Å². The maximum absolute atomic E-state index is 12.9. The van der Waals surface area contributed by atoms with Crippen molar-refractivity contribution in [1.82, 2.24) is 0 Å². The average Bonchev–Trinajstić information content (AvgIpc) is 3.69. The normalized spacial score (nSPS) is 13.0. The zero-order valence-corrected chi connectivity index (χ0v) is 63.0. The van der Waals surface area contributed by atoms with Crippen molar-refractivity contribution in [1.29, 1.82) is 0 Å². The third kappa shape index (κ3) is 77.6.